The standard InChI is InChI=1S/C17H26Cl2N8O4/c1-2-3-4-8-31-17(30)26-9-27(13-11(26)12(18)23-15(19)24-13)25-10(14(28)29)6-5-7-22-16(20)21/h10,25H,2-9H2,1H3,(H,28,29)(H4,20,21,22)/t10-/m1/s1. The van der Waals surface area contributed by atoms with Crippen molar-refractivity contribution in [2.75, 3.05) is 29.7 Å². The van der Waals surface area contributed by atoms with Crippen molar-refractivity contribution in [3.05, 3.63) is 10.4 Å². The predicted molar refractivity (Wildman–Crippen MR) is 116 cm³/mol. The number of carbonyl (C=O) groups is 2. The lowest BCUT2D eigenvalue weighted by molar-refractivity contribution is -0.139. The van der Waals surface area contributed by atoms with Gasteiger partial charge in [0.15, 0.2) is 16.9 Å². The Balaban J connectivity index is 2.14. The molecule has 31 heavy (non-hydrogen) atoms. The fraction of sp³-hybridized carbons (Fsp3) is 0.588. The second-order valence-corrected chi connectivity index (χ2v) is 7.47. The molecule has 0 aliphatic carbocycles. The molecule has 172 valence electrons. The number of carbonyl (C=O) groups excluding carboxylic acids is 1. The van der Waals surface area contributed by atoms with E-state index in [0.717, 1.165) is 19.3 Å². The zero-order valence-corrected chi connectivity index (χ0v) is 18.5. The molecule has 0 aromatic carbocycles. The van der Waals surface area contributed by atoms with Crippen LogP contribution in [0, 0.1) is 5.41 Å². The molecule has 1 amide bonds. The normalized spacial score (nSPS) is 13.6. The average Bonchev–Trinajstić information content (AvgIpc) is 3.05. The second-order valence-electron chi connectivity index (χ2n) is 6.78. The molecule has 12 nitrogen and oxygen atoms in total. The molecule has 2 rings (SSSR count). The van der Waals surface area contributed by atoms with Gasteiger partial charge in [-0.15, -0.1) is 0 Å². The minimum Gasteiger partial charge on any atom is -0.480 e. The number of nitrogens with zero attached hydrogens (tertiary/aromatic N) is 4. The molecule has 0 radical (unpaired) electrons. The molecule has 0 fully saturated rings. The highest BCUT2D eigenvalue weighted by atomic mass is 35.5. The number of guanidine groups is 1. The number of aliphatic carboxylic acids is 1. The van der Waals surface area contributed by atoms with Crippen LogP contribution in [0.5, 0.6) is 0 Å². The van der Waals surface area contributed by atoms with E-state index >= 15 is 0 Å². The van der Waals surface area contributed by atoms with Gasteiger partial charge in [-0.25, -0.2) is 15.2 Å². The van der Waals surface area contributed by atoms with Gasteiger partial charge in [0, 0.05) is 6.54 Å². The van der Waals surface area contributed by atoms with Crippen molar-refractivity contribution in [1.29, 1.82) is 5.41 Å². The maximum atomic E-state index is 12.6. The Morgan fingerprint density at radius 2 is 2.06 bits per heavy atom. The number of hydrazine groups is 1. The SMILES string of the molecule is CCCCCOC(=O)N1CN(N[C@H](CCCNC(=N)N)C(=O)O)c2nc(Cl)nc(Cl)c21. The Morgan fingerprint density at radius 1 is 1.32 bits per heavy atom. The van der Waals surface area contributed by atoms with Crippen molar-refractivity contribution in [2.45, 2.75) is 45.1 Å². The molecule has 1 aromatic heterocycles. The van der Waals surface area contributed by atoms with E-state index in [9.17, 15) is 14.7 Å². The first kappa shape index (κ1) is 24.7. The van der Waals surface area contributed by atoms with Gasteiger partial charge in [-0.1, -0.05) is 31.4 Å². The van der Waals surface area contributed by atoms with Crippen LogP contribution < -0.4 is 26.4 Å². The summed E-state index contributed by atoms with van der Waals surface area (Å²) in [6.45, 7) is 2.54. The fourth-order valence-corrected chi connectivity index (χ4v) is 3.37. The van der Waals surface area contributed by atoms with E-state index in [2.05, 4.69) is 20.7 Å². The number of hydrogen-bond donors (Lipinski definition) is 5. The van der Waals surface area contributed by atoms with Crippen molar-refractivity contribution in [1.82, 2.24) is 20.7 Å². The summed E-state index contributed by atoms with van der Waals surface area (Å²) in [7, 11) is 0. The molecule has 1 atom stereocenters. The summed E-state index contributed by atoms with van der Waals surface area (Å²) in [5.41, 5.74) is 8.24. The minimum absolute atomic E-state index is 0.0534. The Hall–Kier alpha value is -2.57. The van der Waals surface area contributed by atoms with Gasteiger partial charge in [0.2, 0.25) is 5.28 Å². The maximum Gasteiger partial charge on any atom is 0.416 e. The van der Waals surface area contributed by atoms with Crippen LogP contribution in [0.1, 0.15) is 39.0 Å². The molecule has 2 heterocycles. The van der Waals surface area contributed by atoms with Crippen LogP contribution in [0.15, 0.2) is 0 Å². The Kier molecular flexibility index (Phi) is 9.34. The van der Waals surface area contributed by atoms with Gasteiger partial charge in [0.05, 0.1) is 6.61 Å². The van der Waals surface area contributed by atoms with Crippen LogP contribution >= 0.6 is 23.2 Å². The van der Waals surface area contributed by atoms with Crippen LogP contribution in [0.4, 0.5) is 16.3 Å². The second kappa shape index (κ2) is 11.7. The number of nitrogens with two attached hydrogens (primary N) is 1. The minimum atomic E-state index is -1.10. The van der Waals surface area contributed by atoms with Crippen molar-refractivity contribution >= 4 is 52.7 Å². The van der Waals surface area contributed by atoms with Crippen molar-refractivity contribution in [3.8, 4) is 0 Å². The molecule has 0 spiro atoms. The van der Waals surface area contributed by atoms with Gasteiger partial charge in [-0.3, -0.25) is 20.1 Å². The van der Waals surface area contributed by atoms with E-state index in [-0.39, 0.29) is 47.6 Å². The highest BCUT2D eigenvalue weighted by molar-refractivity contribution is 6.35. The van der Waals surface area contributed by atoms with Crippen LogP contribution in [-0.4, -0.2) is 59.0 Å². The number of ether oxygens (including phenoxy) is 1. The summed E-state index contributed by atoms with van der Waals surface area (Å²) in [5, 5.41) is 20.5. The Bertz CT molecular complexity index is 813. The first-order valence-corrected chi connectivity index (χ1v) is 10.5. The van der Waals surface area contributed by atoms with Gasteiger partial charge < -0.3 is 20.9 Å². The van der Waals surface area contributed by atoms with Crippen LogP contribution in [0.25, 0.3) is 0 Å². The smallest absolute Gasteiger partial charge is 0.416 e. The summed E-state index contributed by atoms with van der Waals surface area (Å²) in [5.74, 6) is -1.12. The molecule has 6 N–H and O–H groups in total. The molecule has 0 unspecified atom stereocenters. The lowest BCUT2D eigenvalue weighted by Gasteiger charge is -2.24. The zero-order valence-electron chi connectivity index (χ0n) is 17.0. The quantitative estimate of drug-likeness (QED) is 0.104. The molecule has 1 aliphatic rings. The van der Waals surface area contributed by atoms with E-state index < -0.39 is 18.1 Å². The lowest BCUT2D eigenvalue weighted by Crippen LogP contribution is -2.51. The maximum absolute atomic E-state index is 12.6. The summed E-state index contributed by atoms with van der Waals surface area (Å²) in [6, 6.07) is -1.00. The number of carboxylic acid groups (broad SMARTS) is 1. The predicted octanol–water partition coefficient (Wildman–Crippen LogP) is 1.92. The van der Waals surface area contributed by atoms with E-state index in [1.807, 2.05) is 6.92 Å². The number of fused-ring (bicyclic) bond motifs is 1. The van der Waals surface area contributed by atoms with E-state index in [0.29, 0.717) is 13.0 Å². The number of amides is 1. The number of aromatic nitrogens is 2. The number of unbranched alkanes of at least 4 members (excludes halogenated alkanes) is 2. The van der Waals surface area contributed by atoms with E-state index in [1.54, 1.807) is 0 Å². The zero-order chi connectivity index (χ0) is 23.0. The highest BCUT2D eigenvalue weighted by Gasteiger charge is 2.37. The lowest BCUT2D eigenvalue weighted by atomic mass is 10.1. The largest absolute Gasteiger partial charge is 0.480 e. The average molecular weight is 477 g/mol. The fourth-order valence-electron chi connectivity index (χ4n) is 2.89. The molecule has 1 aliphatic heterocycles. The topological polar surface area (TPSA) is 170 Å². The monoisotopic (exact) mass is 476 g/mol. The van der Waals surface area contributed by atoms with Crippen molar-refractivity contribution in [3.63, 3.8) is 0 Å². The number of halogens is 2. The number of nitrogens with one attached hydrogen (secondary N) is 3. The van der Waals surface area contributed by atoms with Crippen molar-refractivity contribution in [2.24, 2.45) is 5.73 Å². The molecule has 0 bridgehead atoms. The molecular weight excluding hydrogens is 451 g/mol. The van der Waals surface area contributed by atoms with Gasteiger partial charge in [-0.05, 0) is 30.9 Å². The van der Waals surface area contributed by atoms with E-state index in [4.69, 9.17) is 39.1 Å². The molecule has 0 saturated heterocycles. The number of carboxylic acids is 1. The third-order valence-electron chi connectivity index (χ3n) is 4.39. The van der Waals surface area contributed by atoms with Crippen LogP contribution in [-0.2, 0) is 9.53 Å². The number of rotatable bonds is 11. The Morgan fingerprint density at radius 3 is 2.71 bits per heavy atom. The molecule has 1 aromatic rings. The number of anilines is 2. The molecule has 14 heteroatoms. The van der Waals surface area contributed by atoms with Crippen LogP contribution in [0.3, 0.4) is 0 Å². The summed E-state index contributed by atoms with van der Waals surface area (Å²) in [6.07, 6.45) is 2.64. The molecular formula is C17H26Cl2N8O4. The first-order chi connectivity index (χ1) is 14.7. The van der Waals surface area contributed by atoms with Gasteiger partial charge in [0.25, 0.3) is 0 Å². The number of hydrogen-bond acceptors (Lipinski definition) is 8. The van der Waals surface area contributed by atoms with Crippen molar-refractivity contribution < 1.29 is 19.4 Å². The molecule has 0 saturated carbocycles. The van der Waals surface area contributed by atoms with Gasteiger partial charge >= 0.3 is 12.1 Å². The van der Waals surface area contributed by atoms with Gasteiger partial charge in [-0.2, -0.15) is 4.98 Å². The summed E-state index contributed by atoms with van der Waals surface area (Å²) in [4.78, 5) is 33.5. The van der Waals surface area contributed by atoms with Crippen LogP contribution in [0.2, 0.25) is 10.4 Å². The van der Waals surface area contributed by atoms with E-state index in [1.165, 1.54) is 9.91 Å². The Labute approximate surface area is 189 Å². The van der Waals surface area contributed by atoms with Gasteiger partial charge in [0.1, 0.15) is 18.4 Å². The summed E-state index contributed by atoms with van der Waals surface area (Å²) < 4.78 is 5.30. The third kappa shape index (κ3) is 6.97. The highest BCUT2D eigenvalue weighted by Crippen LogP contribution is 2.39. The summed E-state index contributed by atoms with van der Waals surface area (Å²) >= 11 is 12.1. The first-order valence-electron chi connectivity index (χ1n) is 9.76. The third-order valence-corrected chi connectivity index (χ3v) is 4.83.